The molecule has 3 aromatic carbocycles. The number of anilines is 2. The molecule has 11 nitrogen and oxygen atoms in total. The molecular formula is C38H42N6O5S2. The summed E-state index contributed by atoms with van der Waals surface area (Å²) in [7, 11) is -2.82. The number of hydrogen-bond donors (Lipinski definition) is 3. The van der Waals surface area contributed by atoms with E-state index in [2.05, 4.69) is 20.6 Å². The Bertz CT molecular complexity index is 1990. The molecule has 51 heavy (non-hydrogen) atoms. The molecule has 2 heterocycles. The summed E-state index contributed by atoms with van der Waals surface area (Å²) in [6.07, 6.45) is 4.77. The third-order valence-corrected chi connectivity index (χ3v) is 10.1. The Morgan fingerprint density at radius 1 is 0.961 bits per heavy atom. The maximum Gasteiger partial charge on any atom is 0.251 e. The summed E-state index contributed by atoms with van der Waals surface area (Å²) >= 11 is 1.45. The number of nitrogens with one attached hydrogen (secondary N) is 2. The number of sulfonamides is 1. The SMILES string of the molecule is COc1ccc(C(N(CCCc2ccccc2)C(=O)[C@H](CC(C)C)NC(=O)c2ccc(-c3csc(Nc4cccnc4)n3)cc2)S(N)(=O)=O)cc1. The number of carbonyl (C=O) groups excluding carboxylic acids is 2. The van der Waals surface area contributed by atoms with Crippen LogP contribution < -0.4 is 20.5 Å². The number of nitrogens with two attached hydrogens (primary N) is 1. The number of methoxy groups -OCH3 is 1. The van der Waals surface area contributed by atoms with Gasteiger partial charge in [0.2, 0.25) is 15.9 Å². The molecule has 1 unspecified atom stereocenters. The second-order valence-corrected chi connectivity index (χ2v) is 15.0. The monoisotopic (exact) mass is 726 g/mol. The Labute approximate surface area is 303 Å². The molecule has 2 aromatic heterocycles. The van der Waals surface area contributed by atoms with Gasteiger partial charge >= 0.3 is 0 Å². The topological polar surface area (TPSA) is 157 Å². The molecule has 5 aromatic rings. The van der Waals surface area contributed by atoms with Gasteiger partial charge in [-0.3, -0.25) is 14.6 Å². The number of hydrogen-bond acceptors (Lipinski definition) is 9. The number of primary sulfonamides is 1. The number of nitrogens with zero attached hydrogens (tertiary/aromatic N) is 3. The fraction of sp³-hybridized carbons (Fsp3) is 0.263. The van der Waals surface area contributed by atoms with E-state index in [0.29, 0.717) is 34.8 Å². The van der Waals surface area contributed by atoms with E-state index in [0.717, 1.165) is 22.5 Å². The molecule has 0 bridgehead atoms. The molecule has 0 aliphatic heterocycles. The van der Waals surface area contributed by atoms with Crippen molar-refractivity contribution in [3.8, 4) is 17.0 Å². The minimum atomic E-state index is -4.33. The average molecular weight is 727 g/mol. The number of pyridine rings is 1. The largest absolute Gasteiger partial charge is 0.497 e. The summed E-state index contributed by atoms with van der Waals surface area (Å²) < 4.78 is 31.8. The van der Waals surface area contributed by atoms with Crippen molar-refractivity contribution in [3.63, 3.8) is 0 Å². The fourth-order valence-electron chi connectivity index (χ4n) is 5.71. The smallest absolute Gasteiger partial charge is 0.251 e. The van der Waals surface area contributed by atoms with E-state index in [9.17, 15) is 18.0 Å². The fourth-order valence-corrected chi connectivity index (χ4v) is 7.55. The van der Waals surface area contributed by atoms with Crippen LogP contribution in [0.2, 0.25) is 0 Å². The summed E-state index contributed by atoms with van der Waals surface area (Å²) in [6.45, 7) is 3.96. The molecule has 0 saturated carbocycles. The van der Waals surface area contributed by atoms with Crippen molar-refractivity contribution in [1.82, 2.24) is 20.2 Å². The van der Waals surface area contributed by atoms with Gasteiger partial charge in [0.1, 0.15) is 11.8 Å². The Balaban J connectivity index is 1.37. The van der Waals surface area contributed by atoms with Crippen LogP contribution in [0.1, 0.15) is 53.5 Å². The predicted octanol–water partition coefficient (Wildman–Crippen LogP) is 6.55. The lowest BCUT2D eigenvalue weighted by molar-refractivity contribution is -0.134. The predicted molar refractivity (Wildman–Crippen MR) is 201 cm³/mol. The van der Waals surface area contributed by atoms with Gasteiger partial charge in [0, 0.05) is 29.2 Å². The molecule has 2 amide bonds. The van der Waals surface area contributed by atoms with E-state index in [1.165, 1.54) is 23.3 Å². The Hall–Kier alpha value is -5.11. The zero-order chi connectivity index (χ0) is 36.4. The van der Waals surface area contributed by atoms with E-state index in [1.54, 1.807) is 60.9 Å². The van der Waals surface area contributed by atoms with Crippen molar-refractivity contribution < 1.29 is 22.7 Å². The van der Waals surface area contributed by atoms with Crippen molar-refractivity contribution in [2.45, 2.75) is 44.5 Å². The molecule has 0 saturated heterocycles. The maximum absolute atomic E-state index is 14.5. The number of amides is 2. The number of ether oxygens (including phenoxy) is 1. The number of benzene rings is 3. The van der Waals surface area contributed by atoms with Gasteiger partial charge in [0.05, 0.1) is 24.7 Å². The van der Waals surface area contributed by atoms with Crippen molar-refractivity contribution in [2.24, 2.45) is 11.1 Å². The molecule has 2 atom stereocenters. The Morgan fingerprint density at radius 3 is 2.31 bits per heavy atom. The highest BCUT2D eigenvalue weighted by molar-refractivity contribution is 7.89. The third kappa shape index (κ3) is 10.2. The zero-order valence-electron chi connectivity index (χ0n) is 28.7. The van der Waals surface area contributed by atoms with Crippen LogP contribution >= 0.6 is 11.3 Å². The quantitative estimate of drug-likeness (QED) is 0.103. The maximum atomic E-state index is 14.5. The number of rotatable bonds is 16. The van der Waals surface area contributed by atoms with E-state index in [-0.39, 0.29) is 18.9 Å². The third-order valence-electron chi connectivity index (χ3n) is 8.16. The number of carbonyl (C=O) groups is 2. The van der Waals surface area contributed by atoms with Crippen LogP contribution in [-0.4, -0.2) is 54.8 Å². The van der Waals surface area contributed by atoms with E-state index in [4.69, 9.17) is 9.88 Å². The van der Waals surface area contributed by atoms with Crippen LogP contribution in [0.15, 0.2) is 109 Å². The van der Waals surface area contributed by atoms with Crippen molar-refractivity contribution in [2.75, 3.05) is 19.0 Å². The molecule has 0 spiro atoms. The summed E-state index contributed by atoms with van der Waals surface area (Å²) in [5, 5.41) is 13.1. The second kappa shape index (κ2) is 17.2. The molecule has 266 valence electrons. The molecule has 0 aliphatic rings. The zero-order valence-corrected chi connectivity index (χ0v) is 30.4. The highest BCUT2D eigenvalue weighted by Crippen LogP contribution is 2.30. The number of aryl methyl sites for hydroxylation is 1. The number of aromatic nitrogens is 2. The molecule has 4 N–H and O–H groups in total. The van der Waals surface area contributed by atoms with Crippen molar-refractivity contribution in [3.05, 3.63) is 125 Å². The Kier molecular flexibility index (Phi) is 12.5. The first-order valence-corrected chi connectivity index (χ1v) is 19.0. The van der Waals surface area contributed by atoms with Crippen LogP contribution in [0.4, 0.5) is 10.8 Å². The van der Waals surface area contributed by atoms with Gasteiger partial charge in [0.25, 0.3) is 5.91 Å². The van der Waals surface area contributed by atoms with Gasteiger partial charge in [-0.05, 0) is 72.7 Å². The van der Waals surface area contributed by atoms with E-state index in [1.807, 2.05) is 61.7 Å². The van der Waals surface area contributed by atoms with Crippen LogP contribution in [0, 0.1) is 5.92 Å². The summed E-state index contributed by atoms with van der Waals surface area (Å²) in [5.74, 6) is -0.464. The van der Waals surface area contributed by atoms with Gasteiger partial charge < -0.3 is 20.3 Å². The second-order valence-electron chi connectivity index (χ2n) is 12.5. The summed E-state index contributed by atoms with van der Waals surface area (Å²) in [6, 6.07) is 25.8. The lowest BCUT2D eigenvalue weighted by Gasteiger charge is -2.34. The van der Waals surface area contributed by atoms with Gasteiger partial charge in [-0.2, -0.15) is 0 Å². The highest BCUT2D eigenvalue weighted by atomic mass is 32.2. The average Bonchev–Trinajstić information content (AvgIpc) is 3.59. The van der Waals surface area contributed by atoms with Crippen LogP contribution in [0.25, 0.3) is 11.3 Å². The lowest BCUT2D eigenvalue weighted by atomic mass is 10.0. The van der Waals surface area contributed by atoms with E-state index >= 15 is 0 Å². The Morgan fingerprint density at radius 2 is 1.69 bits per heavy atom. The first-order valence-electron chi connectivity index (χ1n) is 16.6. The highest BCUT2D eigenvalue weighted by Gasteiger charge is 2.37. The first-order chi connectivity index (χ1) is 24.5. The molecule has 0 radical (unpaired) electrons. The molecule has 5 rings (SSSR count). The van der Waals surface area contributed by atoms with Crippen molar-refractivity contribution in [1.29, 1.82) is 0 Å². The number of thiazole rings is 1. The molecule has 0 fully saturated rings. The van der Waals surface area contributed by atoms with Crippen LogP contribution in [0.5, 0.6) is 5.75 Å². The van der Waals surface area contributed by atoms with Gasteiger partial charge in [0.15, 0.2) is 10.5 Å². The molecular weight excluding hydrogens is 685 g/mol. The van der Waals surface area contributed by atoms with Gasteiger partial charge in [-0.25, -0.2) is 18.5 Å². The first kappa shape index (κ1) is 37.2. The standard InChI is InChI=1S/C38H42N6O5S2/c1-26(2)23-33(42-35(45)29-15-13-28(14-16-29)34-25-50-38(43-34)41-31-12-7-21-40-24-31)36(46)44(22-8-11-27-9-5-4-6-10-27)37(51(39,47)48)30-17-19-32(49-3)20-18-30/h4-7,9-10,12-21,24-26,33,37H,8,11,22-23H2,1-3H3,(H,41,43)(H,42,45)(H2,39,47,48)/t33-,37?/m0/s1. The summed E-state index contributed by atoms with van der Waals surface area (Å²) in [4.78, 5) is 38.2. The van der Waals surface area contributed by atoms with Gasteiger partial charge in [-0.1, -0.05) is 68.4 Å². The van der Waals surface area contributed by atoms with Crippen LogP contribution in [0.3, 0.4) is 0 Å². The van der Waals surface area contributed by atoms with Crippen LogP contribution in [-0.2, 0) is 21.2 Å². The normalized spacial score (nSPS) is 12.6. The minimum absolute atomic E-state index is 0.000790. The van der Waals surface area contributed by atoms with Crippen molar-refractivity contribution >= 4 is 44.0 Å². The lowest BCUT2D eigenvalue weighted by Crippen LogP contribution is -2.52. The minimum Gasteiger partial charge on any atom is -0.497 e. The van der Waals surface area contributed by atoms with Gasteiger partial charge in [-0.15, -0.1) is 11.3 Å². The van der Waals surface area contributed by atoms with E-state index < -0.39 is 33.3 Å². The summed E-state index contributed by atoms with van der Waals surface area (Å²) in [5.41, 5.74) is 4.10. The molecule has 13 heteroatoms. The molecule has 0 aliphatic carbocycles.